The summed E-state index contributed by atoms with van der Waals surface area (Å²) in [6.07, 6.45) is 4.22. The first kappa shape index (κ1) is 31.6. The number of nitrogens with zero attached hydrogens (tertiary/aromatic N) is 3. The van der Waals surface area contributed by atoms with E-state index in [1.165, 1.54) is 30.4 Å². The van der Waals surface area contributed by atoms with E-state index < -0.39 is 12.0 Å². The highest BCUT2D eigenvalue weighted by molar-refractivity contribution is 7.80. The van der Waals surface area contributed by atoms with Crippen LogP contribution in [-0.4, -0.2) is 72.0 Å². The Morgan fingerprint density at radius 3 is 2.30 bits per heavy atom. The van der Waals surface area contributed by atoms with Crippen LogP contribution in [0.4, 0.5) is 11.4 Å². The van der Waals surface area contributed by atoms with E-state index in [4.69, 9.17) is 28.6 Å². The van der Waals surface area contributed by atoms with Gasteiger partial charge in [-0.3, -0.25) is 14.5 Å². The summed E-state index contributed by atoms with van der Waals surface area (Å²) in [7, 11) is 1.31. The van der Waals surface area contributed by atoms with Crippen LogP contribution in [0.5, 0.6) is 0 Å². The second-order valence-corrected chi connectivity index (χ2v) is 12.1. The van der Waals surface area contributed by atoms with Crippen molar-refractivity contribution in [2.24, 2.45) is 5.92 Å². The van der Waals surface area contributed by atoms with Crippen molar-refractivity contribution >= 4 is 58.1 Å². The summed E-state index contributed by atoms with van der Waals surface area (Å²) in [5.41, 5.74) is 2.92. The van der Waals surface area contributed by atoms with Crippen molar-refractivity contribution in [2.75, 3.05) is 43.5 Å². The molecule has 0 saturated carbocycles. The molecule has 3 aromatic carbocycles. The van der Waals surface area contributed by atoms with E-state index in [0.29, 0.717) is 39.5 Å². The van der Waals surface area contributed by atoms with Crippen LogP contribution in [0.15, 0.2) is 78.9 Å². The van der Waals surface area contributed by atoms with Crippen molar-refractivity contribution in [3.63, 3.8) is 0 Å². The predicted molar refractivity (Wildman–Crippen MR) is 177 cm³/mol. The Bertz CT molecular complexity index is 1460. The van der Waals surface area contributed by atoms with Gasteiger partial charge in [-0.1, -0.05) is 41.9 Å². The van der Waals surface area contributed by atoms with E-state index >= 15 is 0 Å². The number of nitrogens with one attached hydrogen (secondary N) is 1. The molecule has 8 nitrogen and oxygen atoms in total. The fourth-order valence-corrected chi connectivity index (χ4v) is 6.48. The Morgan fingerprint density at radius 1 is 0.955 bits per heavy atom. The van der Waals surface area contributed by atoms with Crippen molar-refractivity contribution in [1.82, 2.24) is 9.80 Å². The first-order valence-corrected chi connectivity index (χ1v) is 15.8. The van der Waals surface area contributed by atoms with Crippen LogP contribution in [0.3, 0.4) is 0 Å². The molecule has 0 aliphatic carbocycles. The number of rotatable bonds is 11. The minimum Gasteiger partial charge on any atom is -0.465 e. The Kier molecular flexibility index (Phi) is 10.6. The fourth-order valence-electron chi connectivity index (χ4n) is 5.94. The molecule has 3 aromatic rings. The zero-order valence-electron chi connectivity index (χ0n) is 24.8. The molecule has 44 heavy (non-hydrogen) atoms. The summed E-state index contributed by atoms with van der Waals surface area (Å²) >= 11 is 11.9. The molecule has 2 heterocycles. The minimum absolute atomic E-state index is 0.0628. The van der Waals surface area contributed by atoms with Gasteiger partial charge in [0.05, 0.1) is 24.8 Å². The first-order chi connectivity index (χ1) is 21.3. The van der Waals surface area contributed by atoms with Crippen LogP contribution in [0, 0.1) is 5.92 Å². The monoisotopic (exact) mass is 632 g/mol. The van der Waals surface area contributed by atoms with Gasteiger partial charge in [-0.05, 0) is 118 Å². The maximum Gasteiger partial charge on any atom is 0.337 e. The van der Waals surface area contributed by atoms with Crippen molar-refractivity contribution < 1.29 is 19.1 Å². The number of likely N-dealkylation sites (tertiary alicyclic amines) is 1. The lowest BCUT2D eigenvalue weighted by atomic mass is 9.90. The number of thiocarbonyl (C=S) groups is 1. The molecule has 2 fully saturated rings. The molecular weight excluding hydrogens is 596 g/mol. The van der Waals surface area contributed by atoms with Gasteiger partial charge in [-0.25, -0.2) is 4.79 Å². The summed E-state index contributed by atoms with van der Waals surface area (Å²) < 4.78 is 4.73. The van der Waals surface area contributed by atoms with E-state index in [9.17, 15) is 14.4 Å². The number of halogens is 1. The van der Waals surface area contributed by atoms with E-state index in [1.54, 1.807) is 48.5 Å². The number of carbonyl (C=O) groups is 3. The highest BCUT2D eigenvalue weighted by atomic mass is 35.5. The second-order valence-electron chi connectivity index (χ2n) is 11.3. The van der Waals surface area contributed by atoms with E-state index in [-0.39, 0.29) is 18.2 Å². The van der Waals surface area contributed by atoms with Crippen LogP contribution in [0.25, 0.3) is 0 Å². The summed E-state index contributed by atoms with van der Waals surface area (Å²) in [6.45, 7) is 3.57. The number of methoxy groups -OCH3 is 1. The molecular formula is C34H37ClN4O4S. The largest absolute Gasteiger partial charge is 0.465 e. The van der Waals surface area contributed by atoms with Crippen molar-refractivity contribution in [2.45, 2.75) is 38.1 Å². The molecule has 230 valence electrons. The lowest BCUT2D eigenvalue weighted by molar-refractivity contribution is -0.124. The number of hydrogen-bond donors (Lipinski definition) is 1. The highest BCUT2D eigenvalue weighted by Gasteiger charge is 2.44. The van der Waals surface area contributed by atoms with E-state index in [0.717, 1.165) is 32.5 Å². The Balaban J connectivity index is 1.20. The third-order valence-electron chi connectivity index (χ3n) is 8.32. The normalized spacial score (nSPS) is 17.6. The molecule has 0 aromatic heterocycles. The molecule has 1 unspecified atom stereocenters. The van der Waals surface area contributed by atoms with Gasteiger partial charge in [0, 0.05) is 17.3 Å². The molecule has 5 rings (SSSR count). The number of hydrogen-bond acceptors (Lipinski definition) is 6. The van der Waals surface area contributed by atoms with Gasteiger partial charge in [0.2, 0.25) is 5.91 Å². The number of ether oxygens (including phenoxy) is 1. The maximum absolute atomic E-state index is 13.7. The van der Waals surface area contributed by atoms with E-state index in [1.807, 2.05) is 4.90 Å². The molecule has 10 heteroatoms. The third kappa shape index (κ3) is 7.83. The summed E-state index contributed by atoms with van der Waals surface area (Å²) in [4.78, 5) is 44.5. The second kappa shape index (κ2) is 14.8. The highest BCUT2D eigenvalue weighted by Crippen LogP contribution is 2.29. The average molecular weight is 633 g/mol. The summed E-state index contributed by atoms with van der Waals surface area (Å²) in [6, 6.07) is 23.3. The molecule has 0 bridgehead atoms. The zero-order chi connectivity index (χ0) is 31.1. The quantitative estimate of drug-likeness (QED) is 0.211. The van der Waals surface area contributed by atoms with Gasteiger partial charge >= 0.3 is 5.97 Å². The summed E-state index contributed by atoms with van der Waals surface area (Å²) in [5, 5.41) is 3.79. The van der Waals surface area contributed by atoms with Gasteiger partial charge in [0.25, 0.3) is 5.91 Å². The molecule has 2 aliphatic rings. The maximum atomic E-state index is 13.7. The molecule has 0 radical (unpaired) electrons. The van der Waals surface area contributed by atoms with Crippen LogP contribution in [0.2, 0.25) is 5.02 Å². The number of benzene rings is 3. The molecule has 2 saturated heterocycles. The number of carbonyl (C=O) groups excluding carboxylic acids is 3. The van der Waals surface area contributed by atoms with Gasteiger partial charge < -0.3 is 19.9 Å². The number of esters is 1. The number of amides is 2. The Morgan fingerprint density at radius 2 is 1.64 bits per heavy atom. The molecule has 2 amide bonds. The van der Waals surface area contributed by atoms with Gasteiger partial charge in [0.1, 0.15) is 6.04 Å². The lowest BCUT2D eigenvalue weighted by Gasteiger charge is -2.33. The minimum atomic E-state index is -0.732. The van der Waals surface area contributed by atoms with E-state index in [2.05, 4.69) is 40.5 Å². The lowest BCUT2D eigenvalue weighted by Crippen LogP contribution is -2.40. The van der Waals surface area contributed by atoms with Crippen molar-refractivity contribution in [3.8, 4) is 0 Å². The first-order valence-electron chi connectivity index (χ1n) is 15.0. The zero-order valence-corrected chi connectivity index (χ0v) is 26.4. The van der Waals surface area contributed by atoms with Crippen LogP contribution < -0.4 is 10.2 Å². The van der Waals surface area contributed by atoms with Crippen LogP contribution >= 0.6 is 23.8 Å². The fraction of sp³-hybridized carbons (Fsp3) is 0.353. The van der Waals surface area contributed by atoms with Crippen molar-refractivity contribution in [1.29, 1.82) is 0 Å². The smallest absolute Gasteiger partial charge is 0.337 e. The van der Waals surface area contributed by atoms with Crippen molar-refractivity contribution in [3.05, 3.63) is 95.0 Å². The van der Waals surface area contributed by atoms with Gasteiger partial charge in [0.15, 0.2) is 5.11 Å². The topological polar surface area (TPSA) is 82.2 Å². The Hall–Kier alpha value is -3.79. The average Bonchev–Trinajstić information content (AvgIpc) is 3.26. The van der Waals surface area contributed by atoms with Crippen LogP contribution in [-0.2, 0) is 20.7 Å². The number of piperidine rings is 1. The molecule has 1 N–H and O–H groups in total. The molecule has 1 atom stereocenters. The number of anilines is 2. The summed E-state index contributed by atoms with van der Waals surface area (Å²) in [5.74, 6) is -0.317. The third-order valence-corrected chi connectivity index (χ3v) is 8.99. The predicted octanol–water partition coefficient (Wildman–Crippen LogP) is 5.80. The van der Waals surface area contributed by atoms with Crippen LogP contribution in [0.1, 0.15) is 41.6 Å². The SMILES string of the molecule is COC(=O)c1ccc(NC(=O)CC2C(=O)N(c3ccc(Cl)cc3)C(=S)N2CCCN2CCC(Cc3ccccc3)CC2)cc1. The van der Waals surface area contributed by atoms with Gasteiger partial charge in [-0.15, -0.1) is 0 Å². The standard InChI is InChI=1S/C34H37ClN4O4S/c1-43-33(42)26-8-12-28(13-9-26)36-31(40)23-30-32(41)39(29-14-10-27(35)11-15-29)34(44)38(30)19-5-18-37-20-16-25(17-21-37)22-24-6-3-2-4-7-24/h2-4,6-15,25,30H,5,16-23H2,1H3,(H,36,40). The Labute approximate surface area is 268 Å². The molecule has 2 aliphatic heterocycles. The van der Waals surface area contributed by atoms with Gasteiger partial charge in [-0.2, -0.15) is 0 Å². The molecule has 0 spiro atoms.